The van der Waals surface area contributed by atoms with Gasteiger partial charge in [0, 0.05) is 11.4 Å². The summed E-state index contributed by atoms with van der Waals surface area (Å²) < 4.78 is 3.70. The van der Waals surface area contributed by atoms with E-state index in [-0.39, 0.29) is 0 Å². The van der Waals surface area contributed by atoms with E-state index >= 15 is 0 Å². The molecule has 3 N–H and O–H groups in total. The number of anilines is 1. The Kier molecular flexibility index (Phi) is 2.31. The quantitative estimate of drug-likeness (QED) is 0.526. The van der Waals surface area contributed by atoms with Gasteiger partial charge in [0.2, 0.25) is 0 Å². The first-order chi connectivity index (χ1) is 8.70. The maximum absolute atomic E-state index is 5.46. The highest BCUT2D eigenvalue weighted by atomic mass is 15.4. The van der Waals surface area contributed by atoms with Crippen LogP contribution in [0.15, 0.2) is 30.3 Å². The first kappa shape index (κ1) is 10.8. The molecule has 18 heavy (non-hydrogen) atoms. The van der Waals surface area contributed by atoms with E-state index in [1.807, 2.05) is 48.7 Å². The molecule has 0 aromatic carbocycles. The Balaban J connectivity index is 2.26. The number of pyridine rings is 1. The van der Waals surface area contributed by atoms with Crippen LogP contribution in [0.2, 0.25) is 0 Å². The Morgan fingerprint density at radius 3 is 2.50 bits per heavy atom. The highest BCUT2D eigenvalue weighted by molar-refractivity contribution is 5.49. The van der Waals surface area contributed by atoms with Crippen LogP contribution in [-0.4, -0.2) is 19.2 Å². The third-order valence-electron chi connectivity index (χ3n) is 2.97. The number of aromatic nitrogens is 4. The zero-order valence-corrected chi connectivity index (χ0v) is 10.3. The van der Waals surface area contributed by atoms with Gasteiger partial charge in [0.15, 0.2) is 5.65 Å². The molecule has 0 saturated carbocycles. The number of nitrogens with one attached hydrogen (secondary N) is 1. The van der Waals surface area contributed by atoms with Crippen molar-refractivity contribution >= 4 is 11.5 Å². The first-order valence-corrected chi connectivity index (χ1v) is 5.68. The number of fused-ring (bicyclic) bond motifs is 1. The zero-order valence-electron chi connectivity index (χ0n) is 10.3. The van der Waals surface area contributed by atoms with Gasteiger partial charge in [0.25, 0.3) is 5.95 Å². The smallest absolute Gasteiger partial charge is 0.254 e. The van der Waals surface area contributed by atoms with E-state index < -0.39 is 0 Å². The highest BCUT2D eigenvalue weighted by Crippen LogP contribution is 2.16. The molecule has 0 aliphatic heterocycles. The molecule has 0 saturated heterocycles. The summed E-state index contributed by atoms with van der Waals surface area (Å²) in [5.74, 6) is 6.81. The predicted molar refractivity (Wildman–Crippen MR) is 69.6 cm³/mol. The van der Waals surface area contributed by atoms with Gasteiger partial charge in [-0.1, -0.05) is 6.07 Å². The Hall–Kier alpha value is -2.34. The molecule has 0 unspecified atom stereocenters. The van der Waals surface area contributed by atoms with Gasteiger partial charge in [-0.25, -0.2) is 5.84 Å². The number of nitrogens with zero attached hydrogens (tertiary/aromatic N) is 4. The molecular weight excluding hydrogens is 228 g/mol. The second-order valence-corrected chi connectivity index (χ2v) is 4.19. The molecule has 6 heteroatoms. The first-order valence-electron chi connectivity index (χ1n) is 5.68. The molecule has 0 spiro atoms. The van der Waals surface area contributed by atoms with Crippen molar-refractivity contribution in [2.75, 3.05) is 5.43 Å². The fourth-order valence-electron chi connectivity index (χ4n) is 2.08. The average Bonchev–Trinajstić information content (AvgIpc) is 2.92. The molecule has 0 atom stereocenters. The number of hydrazine groups is 1. The molecule has 0 radical (unpaired) electrons. The topological polar surface area (TPSA) is 73.2 Å². The number of nitrogen functional groups attached to an aromatic ring is 1. The molecular formula is C12H14N6. The van der Waals surface area contributed by atoms with Crippen molar-refractivity contribution in [3.63, 3.8) is 0 Å². The number of nitrogens with two attached hydrogens (primary N) is 1. The second-order valence-electron chi connectivity index (χ2n) is 4.19. The minimum Gasteiger partial charge on any atom is -0.308 e. The molecule has 3 aromatic rings. The maximum Gasteiger partial charge on any atom is 0.254 e. The third kappa shape index (κ3) is 1.46. The summed E-state index contributed by atoms with van der Waals surface area (Å²) >= 11 is 0. The Morgan fingerprint density at radius 2 is 1.83 bits per heavy atom. The summed E-state index contributed by atoms with van der Waals surface area (Å²) in [6.45, 7) is 4.06. The average molecular weight is 242 g/mol. The molecule has 3 rings (SSSR count). The SMILES string of the molecule is Cc1ccc(C)n1-c1nc2cccc(NN)n2n1. The summed E-state index contributed by atoms with van der Waals surface area (Å²) in [5, 5.41) is 4.47. The molecule has 3 heterocycles. The Bertz CT molecular complexity index is 689. The van der Waals surface area contributed by atoms with E-state index in [9.17, 15) is 0 Å². The van der Waals surface area contributed by atoms with Crippen molar-refractivity contribution < 1.29 is 0 Å². The number of hydrogen-bond donors (Lipinski definition) is 2. The summed E-state index contributed by atoms with van der Waals surface area (Å²) in [5.41, 5.74) is 5.57. The van der Waals surface area contributed by atoms with Crippen molar-refractivity contribution in [3.8, 4) is 5.95 Å². The van der Waals surface area contributed by atoms with E-state index in [0.29, 0.717) is 11.8 Å². The fraction of sp³-hybridized carbons (Fsp3) is 0.167. The molecule has 0 fully saturated rings. The Labute approximate surface area is 104 Å². The Morgan fingerprint density at radius 1 is 1.11 bits per heavy atom. The lowest BCUT2D eigenvalue weighted by atomic mass is 10.4. The van der Waals surface area contributed by atoms with Gasteiger partial charge in [0.1, 0.15) is 5.82 Å². The lowest BCUT2D eigenvalue weighted by Crippen LogP contribution is -2.11. The largest absolute Gasteiger partial charge is 0.308 e. The van der Waals surface area contributed by atoms with Crippen LogP contribution in [0.5, 0.6) is 0 Å². The van der Waals surface area contributed by atoms with Crippen LogP contribution in [0, 0.1) is 13.8 Å². The van der Waals surface area contributed by atoms with Crippen molar-refractivity contribution in [1.29, 1.82) is 0 Å². The van der Waals surface area contributed by atoms with E-state index in [0.717, 1.165) is 17.0 Å². The molecule has 0 aliphatic carbocycles. The molecule has 0 amide bonds. The van der Waals surface area contributed by atoms with E-state index in [4.69, 9.17) is 5.84 Å². The van der Waals surface area contributed by atoms with Gasteiger partial charge in [-0.15, -0.1) is 5.10 Å². The van der Waals surface area contributed by atoms with E-state index in [1.54, 1.807) is 4.52 Å². The van der Waals surface area contributed by atoms with Gasteiger partial charge in [-0.05, 0) is 38.1 Å². The second kappa shape index (κ2) is 3.85. The molecule has 0 aliphatic rings. The fourth-order valence-corrected chi connectivity index (χ4v) is 2.08. The van der Waals surface area contributed by atoms with Crippen molar-refractivity contribution in [1.82, 2.24) is 19.2 Å². The lowest BCUT2D eigenvalue weighted by molar-refractivity contribution is 0.851. The minimum atomic E-state index is 0.651. The molecule has 92 valence electrons. The van der Waals surface area contributed by atoms with Gasteiger partial charge in [0.05, 0.1) is 0 Å². The van der Waals surface area contributed by atoms with Crippen LogP contribution >= 0.6 is 0 Å². The number of hydrogen-bond acceptors (Lipinski definition) is 4. The standard InChI is InChI=1S/C12H14N6/c1-8-6-7-9(2)17(8)12-14-10-4-3-5-11(15-13)18(10)16-12/h3-7,15H,13H2,1-2H3. The summed E-state index contributed by atoms with van der Waals surface area (Å²) in [7, 11) is 0. The monoisotopic (exact) mass is 242 g/mol. The van der Waals surface area contributed by atoms with Crippen LogP contribution in [0.4, 0.5) is 5.82 Å². The van der Waals surface area contributed by atoms with Crippen LogP contribution in [0.1, 0.15) is 11.4 Å². The van der Waals surface area contributed by atoms with Crippen molar-refractivity contribution in [2.45, 2.75) is 13.8 Å². The summed E-state index contributed by atoms with van der Waals surface area (Å²) in [4.78, 5) is 4.50. The molecule has 3 aromatic heterocycles. The van der Waals surface area contributed by atoms with Gasteiger partial charge < -0.3 is 5.43 Å². The van der Waals surface area contributed by atoms with Crippen LogP contribution in [0.25, 0.3) is 11.6 Å². The molecule has 0 bridgehead atoms. The van der Waals surface area contributed by atoms with Crippen LogP contribution < -0.4 is 11.3 Å². The third-order valence-corrected chi connectivity index (χ3v) is 2.97. The number of rotatable bonds is 2. The highest BCUT2D eigenvalue weighted by Gasteiger charge is 2.11. The van der Waals surface area contributed by atoms with Crippen LogP contribution in [0.3, 0.4) is 0 Å². The van der Waals surface area contributed by atoms with Crippen molar-refractivity contribution in [3.05, 3.63) is 41.7 Å². The normalized spacial score (nSPS) is 11.1. The minimum absolute atomic E-state index is 0.651. The number of aryl methyl sites for hydroxylation is 2. The van der Waals surface area contributed by atoms with E-state index in [1.165, 1.54) is 0 Å². The van der Waals surface area contributed by atoms with Gasteiger partial charge >= 0.3 is 0 Å². The zero-order chi connectivity index (χ0) is 12.7. The molecule has 6 nitrogen and oxygen atoms in total. The van der Waals surface area contributed by atoms with Crippen LogP contribution in [-0.2, 0) is 0 Å². The summed E-state index contributed by atoms with van der Waals surface area (Å²) in [6.07, 6.45) is 0. The maximum atomic E-state index is 5.46. The summed E-state index contributed by atoms with van der Waals surface area (Å²) in [6, 6.07) is 9.72. The lowest BCUT2D eigenvalue weighted by Gasteiger charge is -2.02. The van der Waals surface area contributed by atoms with Gasteiger partial charge in [-0.2, -0.15) is 9.50 Å². The predicted octanol–water partition coefficient (Wildman–Crippen LogP) is 1.42. The van der Waals surface area contributed by atoms with Crippen molar-refractivity contribution in [2.24, 2.45) is 5.84 Å². The van der Waals surface area contributed by atoms with E-state index in [2.05, 4.69) is 15.5 Å². The van der Waals surface area contributed by atoms with Gasteiger partial charge in [-0.3, -0.25) is 4.57 Å².